The number of benzene rings is 1. The van der Waals surface area contributed by atoms with E-state index < -0.39 is 0 Å². The lowest BCUT2D eigenvalue weighted by Crippen LogP contribution is -2.40. The predicted molar refractivity (Wildman–Crippen MR) is 107 cm³/mol. The van der Waals surface area contributed by atoms with Gasteiger partial charge in [0.2, 0.25) is 0 Å². The summed E-state index contributed by atoms with van der Waals surface area (Å²) in [7, 11) is 0. The van der Waals surface area contributed by atoms with Gasteiger partial charge in [-0.15, -0.1) is 11.3 Å². The molecule has 140 valence electrons. The molecule has 0 unspecified atom stereocenters. The van der Waals surface area contributed by atoms with Gasteiger partial charge in [-0.2, -0.15) is 0 Å². The molecule has 1 saturated heterocycles. The van der Waals surface area contributed by atoms with Crippen molar-refractivity contribution >= 4 is 17.2 Å². The van der Waals surface area contributed by atoms with Gasteiger partial charge in [0.1, 0.15) is 0 Å². The van der Waals surface area contributed by atoms with Gasteiger partial charge in [-0.3, -0.25) is 9.69 Å². The zero-order chi connectivity index (χ0) is 18.5. The maximum Gasteiger partial charge on any atom is 0.273 e. The first kappa shape index (κ1) is 17.9. The average molecular weight is 382 g/mol. The minimum absolute atomic E-state index is 0.180. The molecule has 0 bridgehead atoms. The largest absolute Gasteiger partial charge is 0.355 e. The summed E-state index contributed by atoms with van der Waals surface area (Å²) in [6, 6.07) is 16.2. The number of carbonyl (C=O) groups is 1. The molecule has 0 radical (unpaired) electrons. The number of likely N-dealkylation sites (tertiary alicyclic amines) is 1. The van der Waals surface area contributed by atoms with Crippen LogP contribution in [0.1, 0.15) is 41.4 Å². The van der Waals surface area contributed by atoms with Crippen LogP contribution in [0.3, 0.4) is 0 Å². The lowest BCUT2D eigenvalue weighted by molar-refractivity contribution is 0.0915. The second-order valence-corrected chi connectivity index (χ2v) is 7.73. The molecule has 1 atom stereocenters. The highest BCUT2D eigenvalue weighted by atomic mass is 32.1. The van der Waals surface area contributed by atoms with Crippen LogP contribution < -0.4 is 5.32 Å². The molecule has 0 saturated carbocycles. The van der Waals surface area contributed by atoms with Crippen molar-refractivity contribution in [1.82, 2.24) is 15.4 Å². The number of hydrogen-bond donors (Lipinski definition) is 1. The number of aromatic nitrogens is 1. The highest BCUT2D eigenvalue weighted by Crippen LogP contribution is 2.26. The zero-order valence-corrected chi connectivity index (χ0v) is 16.0. The summed E-state index contributed by atoms with van der Waals surface area (Å²) >= 11 is 1.56. The highest BCUT2D eigenvalue weighted by molar-refractivity contribution is 7.13. The SMILES string of the molecule is O=C(NC[C@@H](c1ccccc1)N1CCCCC1)c1cc(-c2cccs2)on1. The lowest BCUT2D eigenvalue weighted by atomic mass is 10.0. The van der Waals surface area contributed by atoms with Crippen LogP contribution in [0.25, 0.3) is 10.6 Å². The Labute approximate surface area is 163 Å². The molecule has 1 N–H and O–H groups in total. The van der Waals surface area contributed by atoms with Gasteiger partial charge in [-0.1, -0.05) is 48.0 Å². The van der Waals surface area contributed by atoms with Gasteiger partial charge >= 0.3 is 0 Å². The minimum Gasteiger partial charge on any atom is -0.355 e. The number of nitrogens with zero attached hydrogens (tertiary/aromatic N) is 2. The molecule has 1 amide bonds. The van der Waals surface area contributed by atoms with Crippen LogP contribution in [0.2, 0.25) is 0 Å². The average Bonchev–Trinajstić information content (AvgIpc) is 3.41. The van der Waals surface area contributed by atoms with Crippen molar-refractivity contribution in [2.24, 2.45) is 0 Å². The molecule has 27 heavy (non-hydrogen) atoms. The minimum atomic E-state index is -0.195. The van der Waals surface area contributed by atoms with E-state index in [1.165, 1.54) is 24.8 Å². The number of amides is 1. The summed E-state index contributed by atoms with van der Waals surface area (Å²) < 4.78 is 5.33. The van der Waals surface area contributed by atoms with Crippen LogP contribution in [0.4, 0.5) is 0 Å². The van der Waals surface area contributed by atoms with E-state index in [9.17, 15) is 4.79 Å². The third-order valence-corrected chi connectivity index (χ3v) is 5.86. The van der Waals surface area contributed by atoms with Crippen LogP contribution in [0, 0.1) is 0 Å². The number of rotatable bonds is 6. The van der Waals surface area contributed by atoms with Gasteiger partial charge in [0.05, 0.1) is 10.9 Å². The van der Waals surface area contributed by atoms with Crippen LogP contribution in [-0.2, 0) is 0 Å². The molecule has 2 aromatic heterocycles. The summed E-state index contributed by atoms with van der Waals surface area (Å²) in [4.78, 5) is 16.0. The Morgan fingerprint density at radius 1 is 1.15 bits per heavy atom. The second-order valence-electron chi connectivity index (χ2n) is 6.79. The number of nitrogens with one attached hydrogen (secondary N) is 1. The molecule has 1 aliphatic rings. The van der Waals surface area contributed by atoms with Gasteiger partial charge in [-0.05, 0) is 42.9 Å². The molecule has 5 nitrogen and oxygen atoms in total. The third-order valence-electron chi connectivity index (χ3n) is 4.98. The summed E-state index contributed by atoms with van der Waals surface area (Å²) in [6.45, 7) is 2.70. The second kappa shape index (κ2) is 8.50. The van der Waals surface area contributed by atoms with Crippen molar-refractivity contribution in [1.29, 1.82) is 0 Å². The van der Waals surface area contributed by atoms with Crippen molar-refractivity contribution < 1.29 is 9.32 Å². The van der Waals surface area contributed by atoms with E-state index in [4.69, 9.17) is 4.52 Å². The number of piperidine rings is 1. The van der Waals surface area contributed by atoms with Gasteiger partial charge in [0.25, 0.3) is 5.91 Å². The third kappa shape index (κ3) is 4.28. The first-order valence-corrected chi connectivity index (χ1v) is 10.3. The molecule has 3 heterocycles. The molecule has 0 aliphatic carbocycles. The van der Waals surface area contributed by atoms with Crippen LogP contribution >= 0.6 is 11.3 Å². The molecule has 1 fully saturated rings. The lowest BCUT2D eigenvalue weighted by Gasteiger charge is -2.35. The topological polar surface area (TPSA) is 58.4 Å². The van der Waals surface area contributed by atoms with E-state index >= 15 is 0 Å². The molecular weight excluding hydrogens is 358 g/mol. The maximum atomic E-state index is 12.6. The molecule has 1 aromatic carbocycles. The zero-order valence-electron chi connectivity index (χ0n) is 15.1. The molecule has 6 heteroatoms. The van der Waals surface area contributed by atoms with Crippen molar-refractivity contribution in [2.75, 3.05) is 19.6 Å². The van der Waals surface area contributed by atoms with Gasteiger partial charge < -0.3 is 9.84 Å². The smallest absolute Gasteiger partial charge is 0.273 e. The number of carbonyl (C=O) groups excluding carboxylic acids is 1. The van der Waals surface area contributed by atoms with E-state index in [1.807, 2.05) is 23.6 Å². The Morgan fingerprint density at radius 3 is 2.70 bits per heavy atom. The van der Waals surface area contributed by atoms with Gasteiger partial charge in [0, 0.05) is 12.6 Å². The summed E-state index contributed by atoms with van der Waals surface area (Å²) in [5.74, 6) is 0.435. The van der Waals surface area contributed by atoms with E-state index in [1.54, 1.807) is 17.4 Å². The molecule has 3 aromatic rings. The fourth-order valence-electron chi connectivity index (χ4n) is 3.56. The number of hydrogen-bond acceptors (Lipinski definition) is 5. The van der Waals surface area contributed by atoms with E-state index in [-0.39, 0.29) is 11.9 Å². The summed E-state index contributed by atoms with van der Waals surface area (Å²) in [5.41, 5.74) is 1.56. The molecule has 1 aliphatic heterocycles. The summed E-state index contributed by atoms with van der Waals surface area (Å²) in [6.07, 6.45) is 3.71. The van der Waals surface area contributed by atoms with Gasteiger partial charge in [-0.25, -0.2) is 0 Å². The fourth-order valence-corrected chi connectivity index (χ4v) is 4.23. The summed E-state index contributed by atoms with van der Waals surface area (Å²) in [5, 5.41) is 8.97. The van der Waals surface area contributed by atoms with Crippen molar-refractivity contribution in [3.05, 3.63) is 65.2 Å². The Bertz CT molecular complexity index is 855. The van der Waals surface area contributed by atoms with E-state index in [0.717, 1.165) is 18.0 Å². The van der Waals surface area contributed by atoms with Crippen LogP contribution in [0.15, 0.2) is 58.4 Å². The standard InChI is InChI=1S/C21H23N3O2S/c25-21(17-14-19(26-23-17)20-10-7-13-27-20)22-15-18(16-8-3-1-4-9-16)24-11-5-2-6-12-24/h1,3-4,7-10,13-14,18H,2,5-6,11-12,15H2,(H,22,25)/t18-/m0/s1. The van der Waals surface area contributed by atoms with Crippen LogP contribution in [-0.4, -0.2) is 35.6 Å². The first-order chi connectivity index (χ1) is 13.3. The monoisotopic (exact) mass is 381 g/mol. The van der Waals surface area contributed by atoms with Gasteiger partial charge in [0.15, 0.2) is 11.5 Å². The predicted octanol–water partition coefficient (Wildman–Crippen LogP) is 4.36. The molecule has 4 rings (SSSR count). The Morgan fingerprint density at radius 2 is 1.96 bits per heavy atom. The van der Waals surface area contributed by atoms with Crippen LogP contribution in [0.5, 0.6) is 0 Å². The Kier molecular flexibility index (Phi) is 5.65. The van der Waals surface area contributed by atoms with E-state index in [0.29, 0.717) is 18.0 Å². The van der Waals surface area contributed by atoms with Crippen molar-refractivity contribution in [2.45, 2.75) is 25.3 Å². The Hall–Kier alpha value is -2.44. The van der Waals surface area contributed by atoms with Crippen molar-refractivity contribution in [3.8, 4) is 10.6 Å². The highest BCUT2D eigenvalue weighted by Gasteiger charge is 2.23. The normalized spacial score (nSPS) is 16.1. The van der Waals surface area contributed by atoms with E-state index in [2.05, 4.69) is 39.6 Å². The quantitative estimate of drug-likeness (QED) is 0.689. The first-order valence-electron chi connectivity index (χ1n) is 9.39. The molecule has 0 spiro atoms. The Balaban J connectivity index is 1.45. The molecular formula is C21H23N3O2S. The number of thiophene rings is 1. The van der Waals surface area contributed by atoms with Crippen molar-refractivity contribution in [3.63, 3.8) is 0 Å². The maximum absolute atomic E-state index is 12.6. The fraction of sp³-hybridized carbons (Fsp3) is 0.333.